The quantitative estimate of drug-likeness (QED) is 0.803. The van der Waals surface area contributed by atoms with Gasteiger partial charge in [-0.05, 0) is 42.0 Å². The second-order valence-corrected chi connectivity index (χ2v) is 5.48. The third-order valence-electron chi connectivity index (χ3n) is 2.81. The zero-order valence-corrected chi connectivity index (χ0v) is 13.6. The number of methoxy groups -OCH3 is 1. The van der Waals surface area contributed by atoms with Crippen LogP contribution in [-0.2, 0) is 6.54 Å². The van der Waals surface area contributed by atoms with Crippen LogP contribution in [0.2, 0.25) is 10.0 Å². The summed E-state index contributed by atoms with van der Waals surface area (Å²) < 4.78 is 5.11. The van der Waals surface area contributed by atoms with Crippen LogP contribution in [-0.4, -0.2) is 12.2 Å². The zero-order chi connectivity index (χ0) is 15.2. The van der Waals surface area contributed by atoms with Crippen molar-refractivity contribution in [3.05, 3.63) is 58.1 Å². The van der Waals surface area contributed by atoms with Crippen molar-refractivity contribution < 1.29 is 4.74 Å². The van der Waals surface area contributed by atoms with Crippen molar-refractivity contribution >= 4 is 46.2 Å². The molecular weight excluding hydrogens is 327 g/mol. The number of benzene rings is 2. The summed E-state index contributed by atoms with van der Waals surface area (Å²) in [5, 5.41) is 7.61. The lowest BCUT2D eigenvalue weighted by atomic mass is 10.2. The summed E-state index contributed by atoms with van der Waals surface area (Å²) in [5.41, 5.74) is 1.69. The summed E-state index contributed by atoms with van der Waals surface area (Å²) >= 11 is 17.4. The third-order valence-corrected chi connectivity index (χ3v) is 3.69. The van der Waals surface area contributed by atoms with Crippen LogP contribution in [0.25, 0.3) is 0 Å². The molecule has 0 saturated carbocycles. The number of para-hydroxylation sites is 1. The fraction of sp³-hybridized carbons (Fsp3) is 0.133. The maximum absolute atomic E-state index is 6.08. The zero-order valence-electron chi connectivity index (χ0n) is 11.3. The number of hydrogen-bond donors (Lipinski definition) is 2. The maximum Gasteiger partial charge on any atom is 0.171 e. The maximum atomic E-state index is 6.08. The molecule has 110 valence electrons. The Morgan fingerprint density at radius 3 is 2.29 bits per heavy atom. The van der Waals surface area contributed by atoms with Gasteiger partial charge in [0.1, 0.15) is 5.75 Å². The summed E-state index contributed by atoms with van der Waals surface area (Å²) in [7, 11) is 1.64. The van der Waals surface area contributed by atoms with Gasteiger partial charge in [0.15, 0.2) is 5.11 Å². The molecule has 2 rings (SSSR count). The Bertz CT molecular complexity index is 612. The van der Waals surface area contributed by atoms with Crippen LogP contribution < -0.4 is 15.4 Å². The van der Waals surface area contributed by atoms with Gasteiger partial charge in [-0.15, -0.1) is 0 Å². The highest BCUT2D eigenvalue weighted by Crippen LogP contribution is 2.29. The smallest absolute Gasteiger partial charge is 0.171 e. The van der Waals surface area contributed by atoms with Crippen LogP contribution in [0, 0.1) is 0 Å². The molecule has 21 heavy (non-hydrogen) atoms. The van der Waals surface area contributed by atoms with E-state index in [1.54, 1.807) is 25.3 Å². The number of thiocarbonyl (C=S) groups is 1. The van der Waals surface area contributed by atoms with Gasteiger partial charge >= 0.3 is 0 Å². The molecule has 0 radical (unpaired) electrons. The monoisotopic (exact) mass is 340 g/mol. The van der Waals surface area contributed by atoms with E-state index in [0.29, 0.717) is 27.4 Å². The van der Waals surface area contributed by atoms with Crippen molar-refractivity contribution in [2.45, 2.75) is 6.54 Å². The Labute approximate surface area is 139 Å². The highest BCUT2D eigenvalue weighted by Gasteiger charge is 2.06. The molecule has 2 N–H and O–H groups in total. The topological polar surface area (TPSA) is 33.3 Å². The Morgan fingerprint density at radius 1 is 1.10 bits per heavy atom. The normalized spacial score (nSPS) is 10.0. The van der Waals surface area contributed by atoms with E-state index in [1.807, 2.05) is 24.3 Å². The molecule has 0 spiro atoms. The molecule has 0 bridgehead atoms. The largest absolute Gasteiger partial charge is 0.497 e. The van der Waals surface area contributed by atoms with Crippen LogP contribution in [0.3, 0.4) is 0 Å². The first-order chi connectivity index (χ1) is 10.1. The standard InChI is InChI=1S/C15H14Cl2N2OS/c1-20-11-7-5-10(6-8-11)9-18-15(21)19-14-12(16)3-2-4-13(14)17/h2-8H,9H2,1H3,(H2,18,19,21). The van der Waals surface area contributed by atoms with E-state index in [-0.39, 0.29) is 0 Å². The number of hydrogen-bond acceptors (Lipinski definition) is 2. The minimum atomic E-state index is 0.459. The van der Waals surface area contributed by atoms with E-state index < -0.39 is 0 Å². The van der Waals surface area contributed by atoms with Crippen LogP contribution in [0.15, 0.2) is 42.5 Å². The molecular formula is C15H14Cl2N2OS. The fourth-order valence-corrected chi connectivity index (χ4v) is 2.37. The third kappa shape index (κ3) is 4.49. The van der Waals surface area contributed by atoms with Gasteiger partial charge in [0.2, 0.25) is 0 Å². The molecule has 0 amide bonds. The van der Waals surface area contributed by atoms with Gasteiger partial charge in [-0.1, -0.05) is 41.4 Å². The fourth-order valence-electron chi connectivity index (χ4n) is 1.70. The molecule has 6 heteroatoms. The lowest BCUT2D eigenvalue weighted by molar-refractivity contribution is 0.414. The van der Waals surface area contributed by atoms with Gasteiger partial charge in [-0.2, -0.15) is 0 Å². The molecule has 0 aromatic heterocycles. The molecule has 0 aliphatic rings. The van der Waals surface area contributed by atoms with Crippen LogP contribution in [0.4, 0.5) is 5.69 Å². The SMILES string of the molecule is COc1ccc(CNC(=S)Nc2c(Cl)cccc2Cl)cc1. The van der Waals surface area contributed by atoms with Gasteiger partial charge in [-0.25, -0.2) is 0 Å². The van der Waals surface area contributed by atoms with Gasteiger partial charge in [-0.3, -0.25) is 0 Å². The van der Waals surface area contributed by atoms with Crippen molar-refractivity contribution in [3.63, 3.8) is 0 Å². The number of rotatable bonds is 4. The average Bonchev–Trinajstić information content (AvgIpc) is 2.49. The molecule has 0 unspecified atom stereocenters. The Hall–Kier alpha value is -1.49. The minimum absolute atomic E-state index is 0.459. The second kappa shape index (κ2) is 7.50. The summed E-state index contributed by atoms with van der Waals surface area (Å²) in [6.07, 6.45) is 0. The van der Waals surface area contributed by atoms with Crippen LogP contribution >= 0.6 is 35.4 Å². The summed E-state index contributed by atoms with van der Waals surface area (Å²) in [6.45, 7) is 0.595. The predicted octanol–water partition coefficient (Wildman–Crippen LogP) is 4.49. The average molecular weight is 341 g/mol. The Balaban J connectivity index is 1.92. The van der Waals surface area contributed by atoms with E-state index in [2.05, 4.69) is 10.6 Å². The summed E-state index contributed by atoms with van der Waals surface area (Å²) in [6, 6.07) is 13.0. The van der Waals surface area contributed by atoms with E-state index in [0.717, 1.165) is 11.3 Å². The summed E-state index contributed by atoms with van der Waals surface area (Å²) in [4.78, 5) is 0. The lowest BCUT2D eigenvalue weighted by Gasteiger charge is -2.13. The molecule has 0 atom stereocenters. The predicted molar refractivity (Wildman–Crippen MR) is 92.5 cm³/mol. The molecule has 0 heterocycles. The van der Waals surface area contributed by atoms with Gasteiger partial charge in [0.25, 0.3) is 0 Å². The molecule has 3 nitrogen and oxygen atoms in total. The number of ether oxygens (including phenoxy) is 1. The molecule has 2 aromatic rings. The van der Waals surface area contributed by atoms with Crippen molar-refractivity contribution in [2.75, 3.05) is 12.4 Å². The first-order valence-electron chi connectivity index (χ1n) is 6.22. The Morgan fingerprint density at radius 2 is 1.71 bits per heavy atom. The molecule has 0 aliphatic heterocycles. The van der Waals surface area contributed by atoms with Crippen molar-refractivity contribution in [2.24, 2.45) is 0 Å². The first-order valence-corrected chi connectivity index (χ1v) is 7.38. The van der Waals surface area contributed by atoms with Gasteiger partial charge in [0, 0.05) is 6.54 Å². The van der Waals surface area contributed by atoms with Crippen molar-refractivity contribution in [3.8, 4) is 5.75 Å². The van der Waals surface area contributed by atoms with E-state index in [9.17, 15) is 0 Å². The van der Waals surface area contributed by atoms with Crippen molar-refractivity contribution in [1.82, 2.24) is 5.32 Å². The summed E-state index contributed by atoms with van der Waals surface area (Å²) in [5.74, 6) is 0.822. The van der Waals surface area contributed by atoms with Gasteiger partial charge in [0.05, 0.1) is 22.8 Å². The number of halogens is 2. The van der Waals surface area contributed by atoms with Gasteiger partial charge < -0.3 is 15.4 Å². The number of anilines is 1. The molecule has 0 fully saturated rings. The Kier molecular flexibility index (Phi) is 5.67. The first kappa shape index (κ1) is 15.9. The van der Waals surface area contributed by atoms with Crippen molar-refractivity contribution in [1.29, 1.82) is 0 Å². The lowest BCUT2D eigenvalue weighted by Crippen LogP contribution is -2.28. The minimum Gasteiger partial charge on any atom is -0.497 e. The van der Waals surface area contributed by atoms with Crippen LogP contribution in [0.5, 0.6) is 5.75 Å². The highest BCUT2D eigenvalue weighted by molar-refractivity contribution is 7.80. The van der Waals surface area contributed by atoms with E-state index >= 15 is 0 Å². The van der Waals surface area contributed by atoms with E-state index in [4.69, 9.17) is 40.2 Å². The molecule has 2 aromatic carbocycles. The number of nitrogens with one attached hydrogen (secondary N) is 2. The van der Waals surface area contributed by atoms with E-state index in [1.165, 1.54) is 0 Å². The van der Waals surface area contributed by atoms with Crippen LogP contribution in [0.1, 0.15) is 5.56 Å². The second-order valence-electron chi connectivity index (χ2n) is 4.25. The molecule has 0 aliphatic carbocycles. The molecule has 0 saturated heterocycles. The highest BCUT2D eigenvalue weighted by atomic mass is 35.5.